The van der Waals surface area contributed by atoms with Crippen LogP contribution in [0.5, 0.6) is 0 Å². The Kier molecular flexibility index (Phi) is 3.44. The van der Waals surface area contributed by atoms with Gasteiger partial charge in [-0.2, -0.15) is 0 Å². The van der Waals surface area contributed by atoms with E-state index < -0.39 is 0 Å². The number of nitrogens with one attached hydrogen (secondary N) is 1. The molecule has 4 heteroatoms. The summed E-state index contributed by atoms with van der Waals surface area (Å²) in [5, 5.41) is 3.74. The monoisotopic (exact) mass is 226 g/mol. The highest BCUT2D eigenvalue weighted by atomic mass is 35.5. The predicted molar refractivity (Wildman–Crippen MR) is 61.3 cm³/mol. The molecule has 0 amide bonds. The van der Waals surface area contributed by atoms with Gasteiger partial charge in [-0.25, -0.2) is 4.98 Å². The second kappa shape index (κ2) is 4.81. The summed E-state index contributed by atoms with van der Waals surface area (Å²) in [4.78, 5) is 4.15. The van der Waals surface area contributed by atoms with E-state index in [4.69, 9.17) is 16.3 Å². The van der Waals surface area contributed by atoms with Crippen molar-refractivity contribution in [2.75, 3.05) is 11.9 Å². The molecule has 0 aromatic carbocycles. The zero-order valence-corrected chi connectivity index (χ0v) is 9.50. The molecule has 0 spiro atoms. The summed E-state index contributed by atoms with van der Waals surface area (Å²) in [6.45, 7) is 2.91. The van der Waals surface area contributed by atoms with E-state index in [2.05, 4.69) is 17.2 Å². The molecule has 1 aromatic heterocycles. The Morgan fingerprint density at radius 3 is 3.07 bits per heavy atom. The summed E-state index contributed by atoms with van der Waals surface area (Å²) < 4.78 is 5.69. The molecule has 1 saturated heterocycles. The molecule has 1 fully saturated rings. The number of rotatable bonds is 3. The molecular weight excluding hydrogens is 212 g/mol. The molecule has 0 radical (unpaired) electrons. The number of hydrogen-bond donors (Lipinski definition) is 1. The van der Waals surface area contributed by atoms with Gasteiger partial charge in [0.2, 0.25) is 0 Å². The van der Waals surface area contributed by atoms with Crippen molar-refractivity contribution in [1.29, 1.82) is 0 Å². The highest BCUT2D eigenvalue weighted by Gasteiger charge is 2.21. The minimum absolute atomic E-state index is 0.306. The van der Waals surface area contributed by atoms with Crippen molar-refractivity contribution in [2.45, 2.75) is 32.0 Å². The molecule has 82 valence electrons. The molecule has 2 rings (SSSR count). The van der Waals surface area contributed by atoms with E-state index in [9.17, 15) is 0 Å². The Hall–Kier alpha value is -0.800. The second-order valence-electron chi connectivity index (χ2n) is 3.87. The van der Waals surface area contributed by atoms with Crippen molar-refractivity contribution in [3.05, 3.63) is 23.4 Å². The summed E-state index contributed by atoms with van der Waals surface area (Å²) in [6, 6.07) is 5.56. The maximum Gasteiger partial charge on any atom is 0.131 e. The van der Waals surface area contributed by atoms with Gasteiger partial charge in [0, 0.05) is 6.54 Å². The zero-order chi connectivity index (χ0) is 10.7. The molecule has 0 aliphatic carbocycles. The number of ether oxygens (including phenoxy) is 1. The Labute approximate surface area is 94.8 Å². The molecular formula is C11H15ClN2O. The maximum absolute atomic E-state index is 5.78. The van der Waals surface area contributed by atoms with Crippen LogP contribution in [-0.4, -0.2) is 23.7 Å². The van der Waals surface area contributed by atoms with E-state index >= 15 is 0 Å². The highest BCUT2D eigenvalue weighted by Crippen LogP contribution is 2.19. The number of hydrogen-bond acceptors (Lipinski definition) is 3. The van der Waals surface area contributed by atoms with E-state index in [1.165, 1.54) is 0 Å². The molecule has 0 bridgehead atoms. The van der Waals surface area contributed by atoms with Crippen LogP contribution in [0.25, 0.3) is 0 Å². The van der Waals surface area contributed by atoms with Crippen LogP contribution in [0.15, 0.2) is 18.2 Å². The number of halogens is 1. The van der Waals surface area contributed by atoms with Crippen molar-refractivity contribution in [3.63, 3.8) is 0 Å². The maximum atomic E-state index is 5.78. The van der Waals surface area contributed by atoms with Crippen LogP contribution < -0.4 is 5.32 Å². The predicted octanol–water partition coefficient (Wildman–Crippen LogP) is 2.71. The first-order valence-corrected chi connectivity index (χ1v) is 5.64. The lowest BCUT2D eigenvalue weighted by molar-refractivity contribution is 0.0636. The second-order valence-corrected chi connectivity index (χ2v) is 4.26. The van der Waals surface area contributed by atoms with Crippen LogP contribution in [0.4, 0.5) is 5.82 Å². The van der Waals surface area contributed by atoms with E-state index in [0.29, 0.717) is 17.4 Å². The van der Waals surface area contributed by atoms with E-state index in [0.717, 1.165) is 25.2 Å². The van der Waals surface area contributed by atoms with Crippen molar-refractivity contribution >= 4 is 17.4 Å². The van der Waals surface area contributed by atoms with E-state index in [-0.39, 0.29) is 0 Å². The lowest BCUT2D eigenvalue weighted by Gasteiger charge is -2.12. The normalized spacial score (nSPS) is 25.5. The molecule has 1 aliphatic heterocycles. The van der Waals surface area contributed by atoms with Gasteiger partial charge in [0.1, 0.15) is 11.0 Å². The van der Waals surface area contributed by atoms with Crippen molar-refractivity contribution in [3.8, 4) is 0 Å². The molecule has 3 nitrogen and oxygen atoms in total. The summed E-state index contributed by atoms with van der Waals surface area (Å²) in [6.07, 6.45) is 2.97. The molecule has 1 aliphatic rings. The van der Waals surface area contributed by atoms with E-state index in [1.807, 2.05) is 12.1 Å². The molecule has 0 saturated carbocycles. The average Bonchev–Trinajstić information content (AvgIpc) is 2.62. The standard InChI is InChI=1S/C11H15ClN2O/c1-8-5-6-9(15-8)7-13-11-4-2-3-10(12)14-11/h2-4,8-9H,5-7H2,1H3,(H,13,14). The fraction of sp³-hybridized carbons (Fsp3) is 0.545. The minimum atomic E-state index is 0.306. The Morgan fingerprint density at radius 1 is 1.53 bits per heavy atom. The van der Waals surface area contributed by atoms with Gasteiger partial charge < -0.3 is 10.1 Å². The largest absolute Gasteiger partial charge is 0.373 e. The summed E-state index contributed by atoms with van der Waals surface area (Å²) in [7, 11) is 0. The van der Waals surface area contributed by atoms with Crippen molar-refractivity contribution < 1.29 is 4.74 Å². The zero-order valence-electron chi connectivity index (χ0n) is 8.74. The molecule has 2 unspecified atom stereocenters. The summed E-state index contributed by atoms with van der Waals surface area (Å²) in [5.41, 5.74) is 0. The lowest BCUT2D eigenvalue weighted by atomic mass is 10.2. The van der Waals surface area contributed by atoms with Crippen LogP contribution in [0.3, 0.4) is 0 Å². The van der Waals surface area contributed by atoms with Gasteiger partial charge in [-0.15, -0.1) is 0 Å². The summed E-state index contributed by atoms with van der Waals surface area (Å²) in [5.74, 6) is 0.811. The first-order valence-electron chi connectivity index (χ1n) is 5.26. The third-order valence-electron chi connectivity index (χ3n) is 2.55. The topological polar surface area (TPSA) is 34.2 Å². The van der Waals surface area contributed by atoms with Crippen LogP contribution in [-0.2, 0) is 4.74 Å². The van der Waals surface area contributed by atoms with Crippen LogP contribution in [0, 0.1) is 0 Å². The number of pyridine rings is 1. The smallest absolute Gasteiger partial charge is 0.131 e. The Balaban J connectivity index is 1.83. The SMILES string of the molecule is CC1CCC(CNc2cccc(Cl)n2)O1. The highest BCUT2D eigenvalue weighted by molar-refractivity contribution is 6.29. The summed E-state index contributed by atoms with van der Waals surface area (Å²) >= 11 is 5.78. The van der Waals surface area contributed by atoms with E-state index in [1.54, 1.807) is 6.07 Å². The van der Waals surface area contributed by atoms with Gasteiger partial charge in [0.15, 0.2) is 0 Å². The number of nitrogens with zero attached hydrogens (tertiary/aromatic N) is 1. The van der Waals surface area contributed by atoms with Gasteiger partial charge in [-0.05, 0) is 31.9 Å². The van der Waals surface area contributed by atoms with Crippen LogP contribution in [0.1, 0.15) is 19.8 Å². The van der Waals surface area contributed by atoms with Crippen molar-refractivity contribution in [2.24, 2.45) is 0 Å². The average molecular weight is 227 g/mol. The minimum Gasteiger partial charge on any atom is -0.373 e. The number of anilines is 1. The molecule has 2 heterocycles. The fourth-order valence-corrected chi connectivity index (χ4v) is 1.92. The third-order valence-corrected chi connectivity index (χ3v) is 2.76. The molecule has 15 heavy (non-hydrogen) atoms. The molecule has 1 aromatic rings. The van der Waals surface area contributed by atoms with Gasteiger partial charge in [0.25, 0.3) is 0 Å². The first-order chi connectivity index (χ1) is 7.24. The van der Waals surface area contributed by atoms with Gasteiger partial charge in [0.05, 0.1) is 12.2 Å². The number of aromatic nitrogens is 1. The van der Waals surface area contributed by atoms with Gasteiger partial charge >= 0.3 is 0 Å². The lowest BCUT2D eigenvalue weighted by Crippen LogP contribution is -2.20. The first kappa shape index (κ1) is 10.7. The molecule has 2 atom stereocenters. The van der Waals surface area contributed by atoms with Crippen molar-refractivity contribution in [1.82, 2.24) is 4.98 Å². The molecule has 1 N–H and O–H groups in total. The van der Waals surface area contributed by atoms with Crippen LogP contribution >= 0.6 is 11.6 Å². The van der Waals surface area contributed by atoms with Crippen LogP contribution in [0.2, 0.25) is 5.15 Å². The quantitative estimate of drug-likeness (QED) is 0.805. The van der Waals surface area contributed by atoms with Gasteiger partial charge in [-0.3, -0.25) is 0 Å². The van der Waals surface area contributed by atoms with Gasteiger partial charge in [-0.1, -0.05) is 17.7 Å². The third kappa shape index (κ3) is 3.08. The fourth-order valence-electron chi connectivity index (χ4n) is 1.76. The Morgan fingerprint density at radius 2 is 2.40 bits per heavy atom. The Bertz CT molecular complexity index is 332.